The normalized spacial score (nSPS) is 10.7. The van der Waals surface area contributed by atoms with Gasteiger partial charge in [-0.05, 0) is 12.5 Å². The first-order valence-electron chi connectivity index (χ1n) is 5.04. The standard InChI is InChI=1S/C11H14N2O2/c1-2-10-5-11(15-13-10)7-12-6-9-3-4-14-8-9/h3-5,8,12H,2,6-7H2,1H3. The topological polar surface area (TPSA) is 51.2 Å². The van der Waals surface area contributed by atoms with Crippen molar-refractivity contribution in [3.63, 3.8) is 0 Å². The average Bonchev–Trinajstić information content (AvgIpc) is 2.88. The summed E-state index contributed by atoms with van der Waals surface area (Å²) in [6, 6.07) is 3.91. The van der Waals surface area contributed by atoms with Crippen LogP contribution in [0.15, 0.2) is 33.6 Å². The van der Waals surface area contributed by atoms with Crippen LogP contribution in [0.5, 0.6) is 0 Å². The summed E-state index contributed by atoms with van der Waals surface area (Å²) in [7, 11) is 0. The molecule has 2 heterocycles. The maximum Gasteiger partial charge on any atom is 0.150 e. The van der Waals surface area contributed by atoms with Crippen LogP contribution >= 0.6 is 0 Å². The van der Waals surface area contributed by atoms with Crippen LogP contribution < -0.4 is 5.32 Å². The van der Waals surface area contributed by atoms with Gasteiger partial charge in [0.25, 0.3) is 0 Å². The summed E-state index contributed by atoms with van der Waals surface area (Å²) in [5.41, 5.74) is 2.13. The first-order valence-corrected chi connectivity index (χ1v) is 5.04. The number of nitrogens with zero attached hydrogens (tertiary/aromatic N) is 1. The molecule has 0 radical (unpaired) electrons. The van der Waals surface area contributed by atoms with Gasteiger partial charge >= 0.3 is 0 Å². The molecular weight excluding hydrogens is 192 g/mol. The first kappa shape index (κ1) is 9.98. The third kappa shape index (κ3) is 2.70. The number of nitrogens with one attached hydrogen (secondary N) is 1. The minimum atomic E-state index is 0.693. The molecule has 4 heteroatoms. The van der Waals surface area contributed by atoms with Gasteiger partial charge in [0.1, 0.15) is 0 Å². The van der Waals surface area contributed by atoms with Crippen LogP contribution in [0.3, 0.4) is 0 Å². The summed E-state index contributed by atoms with van der Waals surface area (Å²) in [5, 5.41) is 7.16. The van der Waals surface area contributed by atoms with Gasteiger partial charge in [0, 0.05) is 18.2 Å². The van der Waals surface area contributed by atoms with E-state index in [9.17, 15) is 0 Å². The van der Waals surface area contributed by atoms with E-state index < -0.39 is 0 Å². The molecule has 80 valence electrons. The Hall–Kier alpha value is -1.55. The molecule has 0 saturated carbocycles. The van der Waals surface area contributed by atoms with Gasteiger partial charge in [-0.1, -0.05) is 12.1 Å². The van der Waals surface area contributed by atoms with Crippen molar-refractivity contribution < 1.29 is 8.94 Å². The summed E-state index contributed by atoms with van der Waals surface area (Å²) in [6.07, 6.45) is 4.30. The fourth-order valence-electron chi connectivity index (χ4n) is 1.33. The Morgan fingerprint density at radius 1 is 1.40 bits per heavy atom. The lowest BCUT2D eigenvalue weighted by Crippen LogP contribution is -2.11. The highest BCUT2D eigenvalue weighted by molar-refractivity contribution is 5.07. The van der Waals surface area contributed by atoms with Gasteiger partial charge in [-0.25, -0.2) is 0 Å². The van der Waals surface area contributed by atoms with E-state index in [1.54, 1.807) is 12.5 Å². The summed E-state index contributed by atoms with van der Waals surface area (Å²) in [4.78, 5) is 0. The number of hydrogen-bond acceptors (Lipinski definition) is 4. The van der Waals surface area contributed by atoms with Gasteiger partial charge in [-0.15, -0.1) is 0 Å². The molecule has 1 N–H and O–H groups in total. The lowest BCUT2D eigenvalue weighted by Gasteiger charge is -1.97. The predicted molar refractivity (Wildman–Crippen MR) is 55.1 cm³/mol. The second kappa shape index (κ2) is 4.79. The molecule has 0 fully saturated rings. The molecule has 0 aromatic carbocycles. The molecule has 2 rings (SSSR count). The van der Waals surface area contributed by atoms with Crippen molar-refractivity contribution in [2.75, 3.05) is 0 Å². The number of hydrogen-bond donors (Lipinski definition) is 1. The Morgan fingerprint density at radius 2 is 2.33 bits per heavy atom. The Morgan fingerprint density at radius 3 is 3.00 bits per heavy atom. The maximum absolute atomic E-state index is 5.14. The molecule has 4 nitrogen and oxygen atoms in total. The minimum Gasteiger partial charge on any atom is -0.472 e. The third-order valence-corrected chi connectivity index (χ3v) is 2.18. The highest BCUT2D eigenvalue weighted by atomic mass is 16.5. The molecule has 0 aliphatic rings. The van der Waals surface area contributed by atoms with Crippen LogP contribution in [0.2, 0.25) is 0 Å². The quantitative estimate of drug-likeness (QED) is 0.814. The third-order valence-electron chi connectivity index (χ3n) is 2.18. The van der Waals surface area contributed by atoms with Crippen molar-refractivity contribution in [3.05, 3.63) is 41.7 Å². The van der Waals surface area contributed by atoms with Gasteiger partial charge in [0.15, 0.2) is 5.76 Å². The van der Waals surface area contributed by atoms with Crippen molar-refractivity contribution >= 4 is 0 Å². The maximum atomic E-state index is 5.14. The van der Waals surface area contributed by atoms with Crippen LogP contribution in [0, 0.1) is 0 Å². The van der Waals surface area contributed by atoms with E-state index >= 15 is 0 Å². The molecule has 0 saturated heterocycles. The van der Waals surface area contributed by atoms with Crippen LogP contribution in [0.25, 0.3) is 0 Å². The van der Waals surface area contributed by atoms with Gasteiger partial charge in [0.2, 0.25) is 0 Å². The van der Waals surface area contributed by atoms with E-state index in [2.05, 4.69) is 17.4 Å². The van der Waals surface area contributed by atoms with E-state index in [1.807, 2.05) is 12.1 Å². The Bertz CT molecular complexity index is 392. The summed E-state index contributed by atoms with van der Waals surface area (Å²) < 4.78 is 10.1. The molecule has 15 heavy (non-hydrogen) atoms. The smallest absolute Gasteiger partial charge is 0.150 e. The average molecular weight is 206 g/mol. The molecule has 0 aliphatic heterocycles. The zero-order valence-corrected chi connectivity index (χ0v) is 8.69. The number of aryl methyl sites for hydroxylation is 1. The van der Waals surface area contributed by atoms with E-state index in [1.165, 1.54) is 0 Å². The zero-order chi connectivity index (χ0) is 10.5. The number of furan rings is 1. The van der Waals surface area contributed by atoms with E-state index in [0.29, 0.717) is 6.54 Å². The van der Waals surface area contributed by atoms with E-state index in [0.717, 1.165) is 30.0 Å². The second-order valence-electron chi connectivity index (χ2n) is 3.37. The molecule has 2 aromatic heterocycles. The van der Waals surface area contributed by atoms with Crippen molar-refractivity contribution in [1.82, 2.24) is 10.5 Å². The number of aromatic nitrogens is 1. The Labute approximate surface area is 88.3 Å². The van der Waals surface area contributed by atoms with Crippen LogP contribution in [-0.2, 0) is 19.5 Å². The van der Waals surface area contributed by atoms with Crippen LogP contribution in [0.1, 0.15) is 23.9 Å². The Balaban J connectivity index is 1.78. The monoisotopic (exact) mass is 206 g/mol. The Kier molecular flexibility index (Phi) is 3.19. The highest BCUT2D eigenvalue weighted by Crippen LogP contribution is 2.04. The predicted octanol–water partition coefficient (Wildman–Crippen LogP) is 2.12. The molecule has 0 atom stereocenters. The molecular formula is C11H14N2O2. The van der Waals surface area contributed by atoms with Crippen molar-refractivity contribution in [3.8, 4) is 0 Å². The fraction of sp³-hybridized carbons (Fsp3) is 0.364. The molecule has 2 aromatic rings. The van der Waals surface area contributed by atoms with Crippen LogP contribution in [-0.4, -0.2) is 5.16 Å². The van der Waals surface area contributed by atoms with E-state index in [4.69, 9.17) is 8.94 Å². The van der Waals surface area contributed by atoms with Gasteiger partial charge in [-0.3, -0.25) is 0 Å². The van der Waals surface area contributed by atoms with E-state index in [-0.39, 0.29) is 0 Å². The molecule has 0 amide bonds. The first-order chi connectivity index (χ1) is 7.38. The van der Waals surface area contributed by atoms with Crippen molar-refractivity contribution in [2.45, 2.75) is 26.4 Å². The van der Waals surface area contributed by atoms with Gasteiger partial charge in [0.05, 0.1) is 24.8 Å². The summed E-state index contributed by atoms with van der Waals surface area (Å²) in [5.74, 6) is 0.871. The molecule has 0 unspecified atom stereocenters. The second-order valence-corrected chi connectivity index (χ2v) is 3.37. The highest BCUT2D eigenvalue weighted by Gasteiger charge is 2.01. The lowest BCUT2D eigenvalue weighted by atomic mass is 10.3. The summed E-state index contributed by atoms with van der Waals surface area (Å²) in [6.45, 7) is 3.53. The van der Waals surface area contributed by atoms with Crippen molar-refractivity contribution in [1.29, 1.82) is 0 Å². The number of rotatable bonds is 5. The lowest BCUT2D eigenvalue weighted by molar-refractivity contribution is 0.368. The molecule has 0 spiro atoms. The molecule has 0 aliphatic carbocycles. The minimum absolute atomic E-state index is 0.693. The van der Waals surface area contributed by atoms with Gasteiger partial charge < -0.3 is 14.3 Å². The SMILES string of the molecule is CCc1cc(CNCc2ccoc2)on1. The summed E-state index contributed by atoms with van der Waals surface area (Å²) >= 11 is 0. The fourth-order valence-corrected chi connectivity index (χ4v) is 1.33. The zero-order valence-electron chi connectivity index (χ0n) is 8.69. The van der Waals surface area contributed by atoms with Gasteiger partial charge in [-0.2, -0.15) is 0 Å². The van der Waals surface area contributed by atoms with Crippen LogP contribution in [0.4, 0.5) is 0 Å². The van der Waals surface area contributed by atoms with Crippen molar-refractivity contribution in [2.24, 2.45) is 0 Å². The largest absolute Gasteiger partial charge is 0.472 e. The molecule has 0 bridgehead atoms.